The van der Waals surface area contributed by atoms with Gasteiger partial charge in [-0.3, -0.25) is 0 Å². The lowest BCUT2D eigenvalue weighted by Crippen LogP contribution is -2.21. The Hall–Kier alpha value is -1.06. The lowest BCUT2D eigenvalue weighted by atomic mass is 10.1. The summed E-state index contributed by atoms with van der Waals surface area (Å²) in [5.74, 6) is 0. The van der Waals surface area contributed by atoms with Crippen LogP contribution >= 0.6 is 0 Å². The highest BCUT2D eigenvalue weighted by Crippen LogP contribution is 2.12. The molecule has 0 bridgehead atoms. The Morgan fingerprint density at radius 3 is 2.75 bits per heavy atom. The fourth-order valence-electron chi connectivity index (χ4n) is 1.63. The van der Waals surface area contributed by atoms with Crippen LogP contribution in [0.4, 0.5) is 5.69 Å². The van der Waals surface area contributed by atoms with Crippen LogP contribution in [0.3, 0.4) is 0 Å². The number of hydrogen-bond donors (Lipinski definition) is 1. The van der Waals surface area contributed by atoms with Crippen LogP contribution in [0.5, 0.6) is 0 Å². The third kappa shape index (κ3) is 4.64. The van der Waals surface area contributed by atoms with Crippen molar-refractivity contribution >= 4 is 5.69 Å². The predicted octanol–water partition coefficient (Wildman–Crippen LogP) is 2.13. The molecule has 0 heterocycles. The Kier molecular flexibility index (Phi) is 5.90. The van der Waals surface area contributed by atoms with Gasteiger partial charge in [-0.2, -0.15) is 0 Å². The third-order valence-corrected chi connectivity index (χ3v) is 2.53. The highest BCUT2D eigenvalue weighted by Gasteiger charge is 2.02. The van der Waals surface area contributed by atoms with Crippen LogP contribution < -0.4 is 5.73 Å². The number of nitrogens with two attached hydrogens (primary N) is 1. The van der Waals surface area contributed by atoms with Gasteiger partial charge in [-0.25, -0.2) is 0 Å². The summed E-state index contributed by atoms with van der Waals surface area (Å²) in [6.07, 6.45) is 1.07. The molecule has 0 saturated heterocycles. The van der Waals surface area contributed by atoms with E-state index < -0.39 is 0 Å². The van der Waals surface area contributed by atoms with E-state index in [2.05, 4.69) is 18.0 Å². The molecule has 0 aromatic heterocycles. The van der Waals surface area contributed by atoms with Gasteiger partial charge in [0.1, 0.15) is 0 Å². The molecule has 0 aliphatic rings. The zero-order valence-electron chi connectivity index (χ0n) is 10.3. The quantitative estimate of drug-likeness (QED) is 0.567. The average Bonchev–Trinajstić information content (AvgIpc) is 2.28. The predicted molar refractivity (Wildman–Crippen MR) is 68.3 cm³/mol. The largest absolute Gasteiger partial charge is 0.398 e. The topological polar surface area (TPSA) is 38.5 Å². The Labute approximate surface area is 98.2 Å². The summed E-state index contributed by atoms with van der Waals surface area (Å²) in [5, 5.41) is 0. The molecule has 0 atom stereocenters. The summed E-state index contributed by atoms with van der Waals surface area (Å²) in [6.45, 7) is 5.60. The lowest BCUT2D eigenvalue weighted by molar-refractivity contribution is 0.135. The van der Waals surface area contributed by atoms with Crippen molar-refractivity contribution in [3.8, 4) is 0 Å². The van der Waals surface area contributed by atoms with Crippen molar-refractivity contribution in [2.24, 2.45) is 0 Å². The molecule has 0 spiro atoms. The van der Waals surface area contributed by atoms with Crippen LogP contribution in [0.2, 0.25) is 0 Å². The second kappa shape index (κ2) is 7.25. The maximum atomic E-state index is 5.89. The van der Waals surface area contributed by atoms with E-state index in [0.29, 0.717) is 0 Å². The first-order valence-electron chi connectivity index (χ1n) is 5.83. The van der Waals surface area contributed by atoms with E-state index in [9.17, 15) is 0 Å². The molecule has 16 heavy (non-hydrogen) atoms. The van der Waals surface area contributed by atoms with Crippen LogP contribution in [0.15, 0.2) is 24.3 Å². The van der Waals surface area contributed by atoms with Crippen molar-refractivity contribution in [3.63, 3.8) is 0 Å². The molecule has 90 valence electrons. The van der Waals surface area contributed by atoms with Gasteiger partial charge in [0.05, 0.1) is 0 Å². The van der Waals surface area contributed by atoms with Gasteiger partial charge in [0.15, 0.2) is 0 Å². The van der Waals surface area contributed by atoms with Gasteiger partial charge in [-0.15, -0.1) is 0 Å². The van der Waals surface area contributed by atoms with E-state index in [1.165, 1.54) is 5.56 Å². The molecule has 1 aromatic rings. The van der Waals surface area contributed by atoms with Crippen molar-refractivity contribution in [1.82, 2.24) is 4.90 Å². The van der Waals surface area contributed by atoms with E-state index in [4.69, 9.17) is 10.5 Å². The lowest BCUT2D eigenvalue weighted by Gasteiger charge is -2.17. The van der Waals surface area contributed by atoms with Crippen molar-refractivity contribution < 1.29 is 4.74 Å². The van der Waals surface area contributed by atoms with Crippen molar-refractivity contribution in [2.75, 3.05) is 32.5 Å². The maximum Gasteiger partial charge on any atom is 0.0478 e. The van der Waals surface area contributed by atoms with Crippen LogP contribution in [0.25, 0.3) is 0 Å². The van der Waals surface area contributed by atoms with Crippen molar-refractivity contribution in [1.29, 1.82) is 0 Å². The third-order valence-electron chi connectivity index (χ3n) is 2.53. The molecule has 0 aliphatic heterocycles. The number of ether oxygens (including phenoxy) is 1. The molecule has 0 unspecified atom stereocenters. The van der Waals surface area contributed by atoms with Gasteiger partial charge >= 0.3 is 0 Å². The molecule has 0 saturated carbocycles. The molecule has 2 N–H and O–H groups in total. The van der Waals surface area contributed by atoms with Crippen LogP contribution in [-0.2, 0) is 11.3 Å². The Balaban J connectivity index is 2.28. The number of nitrogens with zero attached hydrogens (tertiary/aromatic N) is 1. The summed E-state index contributed by atoms with van der Waals surface area (Å²) in [4.78, 5) is 2.27. The number of para-hydroxylation sites is 1. The molecule has 3 heteroatoms. The van der Waals surface area contributed by atoms with Crippen LogP contribution in [0.1, 0.15) is 18.9 Å². The maximum absolute atomic E-state index is 5.89. The fraction of sp³-hybridized carbons (Fsp3) is 0.538. The summed E-state index contributed by atoms with van der Waals surface area (Å²) < 4.78 is 5.31. The SMILES string of the molecule is CCOCCCN(C)Cc1ccccc1N. The minimum absolute atomic E-state index is 0.801. The fourth-order valence-corrected chi connectivity index (χ4v) is 1.63. The molecule has 0 aliphatic carbocycles. The molecule has 0 amide bonds. The van der Waals surface area contributed by atoms with Crippen molar-refractivity contribution in [3.05, 3.63) is 29.8 Å². The molecule has 0 radical (unpaired) electrons. The molecular formula is C13H22N2O. The summed E-state index contributed by atoms with van der Waals surface area (Å²) in [5.41, 5.74) is 7.96. The zero-order chi connectivity index (χ0) is 11.8. The highest BCUT2D eigenvalue weighted by molar-refractivity contribution is 5.46. The Bertz CT molecular complexity index is 302. The normalized spacial score (nSPS) is 10.9. The van der Waals surface area contributed by atoms with Gasteiger partial charge in [0.25, 0.3) is 0 Å². The minimum atomic E-state index is 0.801. The van der Waals surface area contributed by atoms with Crippen molar-refractivity contribution in [2.45, 2.75) is 19.9 Å². The van der Waals surface area contributed by atoms with E-state index in [1.807, 2.05) is 25.1 Å². The minimum Gasteiger partial charge on any atom is -0.398 e. The summed E-state index contributed by atoms with van der Waals surface area (Å²) >= 11 is 0. The first-order valence-corrected chi connectivity index (χ1v) is 5.83. The molecule has 3 nitrogen and oxygen atoms in total. The van der Waals surface area contributed by atoms with E-state index >= 15 is 0 Å². The number of benzene rings is 1. The second-order valence-electron chi connectivity index (χ2n) is 3.99. The van der Waals surface area contributed by atoms with E-state index in [1.54, 1.807) is 0 Å². The summed E-state index contributed by atoms with van der Waals surface area (Å²) in [6, 6.07) is 8.02. The number of anilines is 1. The molecule has 1 rings (SSSR count). The van der Waals surface area contributed by atoms with Gasteiger partial charge in [0, 0.05) is 32.0 Å². The standard InChI is InChI=1S/C13H22N2O/c1-3-16-10-6-9-15(2)11-12-7-4-5-8-13(12)14/h4-5,7-8H,3,6,9-11,14H2,1-2H3. The molecular weight excluding hydrogens is 200 g/mol. The van der Waals surface area contributed by atoms with Gasteiger partial charge in [-0.05, 0) is 32.0 Å². The first kappa shape index (κ1) is 13.0. The smallest absolute Gasteiger partial charge is 0.0478 e. The summed E-state index contributed by atoms with van der Waals surface area (Å²) in [7, 11) is 2.11. The van der Waals surface area contributed by atoms with E-state index in [-0.39, 0.29) is 0 Å². The van der Waals surface area contributed by atoms with Gasteiger partial charge in [-0.1, -0.05) is 18.2 Å². The van der Waals surface area contributed by atoms with Gasteiger partial charge < -0.3 is 15.4 Å². The number of hydrogen-bond acceptors (Lipinski definition) is 3. The van der Waals surface area contributed by atoms with E-state index in [0.717, 1.165) is 38.4 Å². The average molecular weight is 222 g/mol. The Morgan fingerprint density at radius 2 is 2.06 bits per heavy atom. The second-order valence-corrected chi connectivity index (χ2v) is 3.99. The van der Waals surface area contributed by atoms with Crippen LogP contribution in [-0.4, -0.2) is 31.7 Å². The number of rotatable bonds is 7. The van der Waals surface area contributed by atoms with Gasteiger partial charge in [0.2, 0.25) is 0 Å². The van der Waals surface area contributed by atoms with Crippen LogP contribution in [0, 0.1) is 0 Å². The molecule has 1 aromatic carbocycles. The zero-order valence-corrected chi connectivity index (χ0v) is 10.3. The first-order chi connectivity index (χ1) is 7.74. The number of nitrogen functional groups attached to an aromatic ring is 1. The monoisotopic (exact) mass is 222 g/mol. The molecule has 0 fully saturated rings. The highest BCUT2D eigenvalue weighted by atomic mass is 16.5. The Morgan fingerprint density at radius 1 is 1.31 bits per heavy atom.